The maximum atomic E-state index is 11.4. The van der Waals surface area contributed by atoms with Crippen LogP contribution in [0.1, 0.15) is 25.6 Å². The number of ketones is 1. The lowest BCUT2D eigenvalue weighted by Crippen LogP contribution is -2.10. The molecule has 0 fully saturated rings. The summed E-state index contributed by atoms with van der Waals surface area (Å²) >= 11 is 5.50. The molecule has 1 heterocycles. The molecule has 1 rings (SSSR count). The van der Waals surface area contributed by atoms with Crippen molar-refractivity contribution in [3.63, 3.8) is 0 Å². The lowest BCUT2D eigenvalue weighted by atomic mass is 10.2. The van der Waals surface area contributed by atoms with E-state index in [9.17, 15) is 4.79 Å². The van der Waals surface area contributed by atoms with Gasteiger partial charge in [-0.05, 0) is 13.3 Å². The van der Waals surface area contributed by atoms with Gasteiger partial charge >= 0.3 is 0 Å². The van der Waals surface area contributed by atoms with Crippen molar-refractivity contribution in [2.24, 2.45) is 0 Å². The van der Waals surface area contributed by atoms with E-state index in [-0.39, 0.29) is 5.78 Å². The zero-order valence-corrected chi connectivity index (χ0v) is 9.00. The van der Waals surface area contributed by atoms with Crippen LogP contribution in [0.5, 0.6) is 0 Å². The molecule has 0 spiro atoms. The van der Waals surface area contributed by atoms with Gasteiger partial charge in [-0.1, -0.05) is 0 Å². The highest BCUT2D eigenvalue weighted by Gasteiger charge is 2.08. The predicted octanol–water partition coefficient (Wildman–Crippen LogP) is 1.43. The van der Waals surface area contributed by atoms with Gasteiger partial charge in [0.15, 0.2) is 0 Å². The van der Waals surface area contributed by atoms with Crippen molar-refractivity contribution in [2.75, 3.05) is 5.88 Å². The first-order chi connectivity index (χ1) is 6.77. The van der Waals surface area contributed by atoms with Crippen LogP contribution in [0, 0.1) is 0 Å². The summed E-state index contributed by atoms with van der Waals surface area (Å²) in [4.78, 5) is 15.4. The fraction of sp³-hybridized carbons (Fsp3) is 0.667. The Morgan fingerprint density at radius 2 is 2.43 bits per heavy atom. The number of nitrogens with zero attached hydrogens (tertiary/aromatic N) is 3. The molecule has 0 bridgehead atoms. The molecule has 0 atom stereocenters. The maximum Gasteiger partial charge on any atom is 0.140 e. The number of aryl methyl sites for hydroxylation is 1. The number of halogens is 1. The van der Waals surface area contributed by atoms with E-state index in [0.717, 1.165) is 18.8 Å². The van der Waals surface area contributed by atoms with Gasteiger partial charge in [-0.3, -0.25) is 4.79 Å². The molecule has 0 aliphatic heterocycles. The molecule has 14 heavy (non-hydrogen) atoms. The quantitative estimate of drug-likeness (QED) is 0.675. The van der Waals surface area contributed by atoms with Gasteiger partial charge in [-0.15, -0.1) is 11.6 Å². The second-order valence-corrected chi connectivity index (χ2v) is 3.38. The third kappa shape index (κ3) is 3.10. The van der Waals surface area contributed by atoms with Gasteiger partial charge in [0.2, 0.25) is 0 Å². The van der Waals surface area contributed by atoms with Gasteiger partial charge < -0.3 is 0 Å². The molecule has 0 radical (unpaired) electrons. The molecule has 1 aromatic heterocycles. The van der Waals surface area contributed by atoms with Crippen molar-refractivity contribution >= 4 is 17.4 Å². The lowest BCUT2D eigenvalue weighted by Gasteiger charge is -2.01. The van der Waals surface area contributed by atoms with E-state index in [1.165, 1.54) is 6.33 Å². The Bertz CT molecular complexity index is 298. The average Bonchev–Trinajstić information content (AvgIpc) is 2.62. The van der Waals surface area contributed by atoms with Gasteiger partial charge in [0.25, 0.3) is 0 Å². The van der Waals surface area contributed by atoms with Gasteiger partial charge in [-0.25, -0.2) is 9.67 Å². The van der Waals surface area contributed by atoms with Crippen LogP contribution in [0.4, 0.5) is 0 Å². The van der Waals surface area contributed by atoms with E-state index in [1.807, 2.05) is 6.92 Å². The normalized spacial score (nSPS) is 10.4. The van der Waals surface area contributed by atoms with Gasteiger partial charge in [0.05, 0.1) is 6.42 Å². The summed E-state index contributed by atoms with van der Waals surface area (Å²) in [6, 6.07) is 0. The predicted molar refractivity (Wildman–Crippen MR) is 54.4 cm³/mol. The highest BCUT2D eigenvalue weighted by Crippen LogP contribution is 2.01. The first kappa shape index (κ1) is 11.2. The largest absolute Gasteiger partial charge is 0.299 e. The van der Waals surface area contributed by atoms with Gasteiger partial charge in [0.1, 0.15) is 17.9 Å². The van der Waals surface area contributed by atoms with Gasteiger partial charge in [0, 0.05) is 18.8 Å². The van der Waals surface area contributed by atoms with Crippen LogP contribution in [-0.4, -0.2) is 26.4 Å². The number of carbonyl (C=O) groups is 1. The zero-order valence-electron chi connectivity index (χ0n) is 8.24. The topological polar surface area (TPSA) is 47.8 Å². The molecule has 0 amide bonds. The molecule has 0 saturated carbocycles. The van der Waals surface area contributed by atoms with E-state index < -0.39 is 0 Å². The summed E-state index contributed by atoms with van der Waals surface area (Å²) in [5.74, 6) is 1.45. The summed E-state index contributed by atoms with van der Waals surface area (Å²) in [6.07, 6.45) is 3.11. The molecular formula is C9H14ClN3O. The third-order valence-electron chi connectivity index (χ3n) is 1.94. The highest BCUT2D eigenvalue weighted by molar-refractivity contribution is 6.17. The second kappa shape index (κ2) is 5.75. The molecule has 0 unspecified atom stereocenters. The minimum atomic E-state index is 0.174. The van der Waals surface area contributed by atoms with Crippen molar-refractivity contribution in [2.45, 2.75) is 32.7 Å². The van der Waals surface area contributed by atoms with E-state index in [4.69, 9.17) is 11.6 Å². The van der Waals surface area contributed by atoms with Crippen LogP contribution in [0.25, 0.3) is 0 Å². The molecule has 0 aromatic carbocycles. The lowest BCUT2D eigenvalue weighted by molar-refractivity contribution is -0.118. The van der Waals surface area contributed by atoms with Crippen LogP contribution in [0.15, 0.2) is 6.33 Å². The third-order valence-corrected chi connectivity index (χ3v) is 2.21. The smallest absolute Gasteiger partial charge is 0.140 e. The standard InChI is InChI=1S/C9H14ClN3O/c1-2-13-9(11-7-12-13)6-8(14)4-3-5-10/h7H,2-6H2,1H3. The second-order valence-electron chi connectivity index (χ2n) is 3.00. The van der Waals surface area contributed by atoms with Crippen LogP contribution in [-0.2, 0) is 17.8 Å². The van der Waals surface area contributed by atoms with E-state index in [0.29, 0.717) is 18.7 Å². The molecule has 5 heteroatoms. The van der Waals surface area contributed by atoms with Crippen LogP contribution in [0.3, 0.4) is 0 Å². The minimum Gasteiger partial charge on any atom is -0.299 e. The number of hydrogen-bond donors (Lipinski definition) is 0. The molecule has 4 nitrogen and oxygen atoms in total. The van der Waals surface area contributed by atoms with E-state index in [2.05, 4.69) is 10.1 Å². The number of rotatable bonds is 6. The van der Waals surface area contributed by atoms with Crippen LogP contribution in [0.2, 0.25) is 0 Å². The molecule has 1 aromatic rings. The first-order valence-corrected chi connectivity index (χ1v) is 5.25. The van der Waals surface area contributed by atoms with E-state index >= 15 is 0 Å². The SMILES string of the molecule is CCn1ncnc1CC(=O)CCCCl. The fourth-order valence-corrected chi connectivity index (χ4v) is 1.35. The Labute approximate surface area is 88.3 Å². The fourth-order valence-electron chi connectivity index (χ4n) is 1.22. The summed E-state index contributed by atoms with van der Waals surface area (Å²) in [7, 11) is 0. The molecule has 78 valence electrons. The molecule has 0 N–H and O–H groups in total. The van der Waals surface area contributed by atoms with E-state index in [1.54, 1.807) is 4.68 Å². The number of carbonyl (C=O) groups excluding carboxylic acids is 1. The molecule has 0 aliphatic rings. The van der Waals surface area contributed by atoms with Crippen molar-refractivity contribution in [3.8, 4) is 0 Å². The van der Waals surface area contributed by atoms with Crippen molar-refractivity contribution in [3.05, 3.63) is 12.2 Å². The molecule has 0 aliphatic carbocycles. The van der Waals surface area contributed by atoms with Crippen LogP contribution < -0.4 is 0 Å². The van der Waals surface area contributed by atoms with Crippen molar-refractivity contribution < 1.29 is 4.79 Å². The Morgan fingerprint density at radius 1 is 1.64 bits per heavy atom. The zero-order chi connectivity index (χ0) is 10.4. The Kier molecular flexibility index (Phi) is 4.59. The summed E-state index contributed by atoms with van der Waals surface area (Å²) in [5.41, 5.74) is 0. The first-order valence-electron chi connectivity index (χ1n) is 4.72. The Hall–Kier alpha value is -0.900. The number of Topliss-reactive ketones (excluding diaryl/α,β-unsaturated/α-hetero) is 1. The molecular weight excluding hydrogens is 202 g/mol. The average molecular weight is 216 g/mol. The van der Waals surface area contributed by atoms with Crippen molar-refractivity contribution in [1.82, 2.24) is 14.8 Å². The highest BCUT2D eigenvalue weighted by atomic mass is 35.5. The van der Waals surface area contributed by atoms with Crippen LogP contribution >= 0.6 is 11.6 Å². The summed E-state index contributed by atoms with van der Waals surface area (Å²) in [6.45, 7) is 2.72. The summed E-state index contributed by atoms with van der Waals surface area (Å²) in [5, 5.41) is 4.00. The number of aromatic nitrogens is 3. The Balaban J connectivity index is 2.47. The van der Waals surface area contributed by atoms with Crippen molar-refractivity contribution in [1.29, 1.82) is 0 Å². The maximum absolute atomic E-state index is 11.4. The summed E-state index contributed by atoms with van der Waals surface area (Å²) < 4.78 is 1.73. The Morgan fingerprint density at radius 3 is 3.07 bits per heavy atom. The number of hydrogen-bond acceptors (Lipinski definition) is 3. The van der Waals surface area contributed by atoms with Gasteiger partial charge in [-0.2, -0.15) is 5.10 Å². The minimum absolute atomic E-state index is 0.174. The monoisotopic (exact) mass is 215 g/mol. The number of alkyl halides is 1. The molecule has 0 saturated heterocycles.